The van der Waals surface area contributed by atoms with Gasteiger partial charge >= 0.3 is 0 Å². The molecule has 0 bridgehead atoms. The van der Waals surface area contributed by atoms with Gasteiger partial charge in [-0.15, -0.1) is 0 Å². The summed E-state index contributed by atoms with van der Waals surface area (Å²) < 4.78 is 11.4. The molecule has 3 rings (SSSR count). The number of hydrogen-bond donors (Lipinski definition) is 1. The van der Waals surface area contributed by atoms with Crippen LogP contribution in [0.2, 0.25) is 0 Å². The van der Waals surface area contributed by atoms with Crippen molar-refractivity contribution in [1.29, 1.82) is 0 Å². The van der Waals surface area contributed by atoms with Gasteiger partial charge in [0.1, 0.15) is 12.4 Å². The number of rotatable bonds is 3. The van der Waals surface area contributed by atoms with Crippen LogP contribution in [0.15, 0.2) is 54.0 Å². The molecule has 1 aromatic rings. The monoisotopic (exact) mass is 285 g/mol. The fourth-order valence-corrected chi connectivity index (χ4v) is 2.49. The van der Waals surface area contributed by atoms with Crippen LogP contribution in [0.3, 0.4) is 0 Å². The van der Waals surface area contributed by atoms with Crippen molar-refractivity contribution in [2.75, 3.05) is 6.61 Å². The van der Waals surface area contributed by atoms with Crippen LogP contribution >= 0.6 is 0 Å². The van der Waals surface area contributed by atoms with Crippen molar-refractivity contribution in [1.82, 2.24) is 5.32 Å². The lowest BCUT2D eigenvalue weighted by atomic mass is 10.1. The normalized spacial score (nSPS) is 21.9. The number of carbonyl (C=O) groups is 1. The summed E-state index contributed by atoms with van der Waals surface area (Å²) in [6, 6.07) is 9.81. The van der Waals surface area contributed by atoms with Crippen molar-refractivity contribution in [3.8, 4) is 0 Å². The van der Waals surface area contributed by atoms with Crippen molar-refractivity contribution >= 4 is 5.91 Å². The maximum atomic E-state index is 12.3. The summed E-state index contributed by atoms with van der Waals surface area (Å²) in [7, 11) is 0. The first kappa shape index (κ1) is 13.7. The Labute approximate surface area is 124 Å². The lowest BCUT2D eigenvalue weighted by Gasteiger charge is -2.29. The molecule has 0 spiro atoms. The first-order chi connectivity index (χ1) is 10.2. The highest BCUT2D eigenvalue weighted by molar-refractivity contribution is 5.81. The van der Waals surface area contributed by atoms with E-state index in [1.54, 1.807) is 0 Å². The van der Waals surface area contributed by atoms with E-state index in [2.05, 4.69) is 5.32 Å². The molecule has 0 saturated carbocycles. The Morgan fingerprint density at radius 2 is 2.14 bits per heavy atom. The fraction of sp³-hybridized carbons (Fsp3) is 0.353. The number of benzene rings is 1. The van der Waals surface area contributed by atoms with Crippen LogP contribution in [-0.4, -0.2) is 18.6 Å². The van der Waals surface area contributed by atoms with Gasteiger partial charge in [0.25, 0.3) is 5.91 Å². The van der Waals surface area contributed by atoms with E-state index in [1.165, 1.54) is 0 Å². The van der Waals surface area contributed by atoms with Crippen molar-refractivity contribution in [2.24, 2.45) is 0 Å². The summed E-state index contributed by atoms with van der Waals surface area (Å²) in [5.41, 5.74) is 1.07. The molecule has 1 N–H and O–H groups in total. The SMILES string of the molecule is C[C@H](NC(=O)[C@H]1COC2=C(C=CCC2)O1)c1ccccc1. The molecule has 0 radical (unpaired) electrons. The molecule has 4 heteroatoms. The molecule has 0 unspecified atom stereocenters. The van der Waals surface area contributed by atoms with E-state index >= 15 is 0 Å². The highest BCUT2D eigenvalue weighted by atomic mass is 16.6. The molecule has 21 heavy (non-hydrogen) atoms. The van der Waals surface area contributed by atoms with E-state index in [4.69, 9.17) is 9.47 Å². The van der Waals surface area contributed by atoms with Gasteiger partial charge < -0.3 is 14.8 Å². The molecule has 1 heterocycles. The molecule has 110 valence electrons. The Hall–Kier alpha value is -2.23. The summed E-state index contributed by atoms with van der Waals surface area (Å²) in [5, 5.41) is 2.97. The predicted octanol–water partition coefficient (Wildman–Crippen LogP) is 2.84. The second-order valence-electron chi connectivity index (χ2n) is 5.29. The van der Waals surface area contributed by atoms with Crippen LogP contribution < -0.4 is 5.32 Å². The fourth-order valence-electron chi connectivity index (χ4n) is 2.49. The molecule has 1 amide bonds. The second kappa shape index (κ2) is 6.04. The second-order valence-corrected chi connectivity index (χ2v) is 5.29. The zero-order chi connectivity index (χ0) is 14.7. The molecule has 0 saturated heterocycles. The molecular formula is C17H19NO3. The maximum absolute atomic E-state index is 12.3. The summed E-state index contributed by atoms with van der Waals surface area (Å²) in [4.78, 5) is 12.3. The van der Waals surface area contributed by atoms with E-state index < -0.39 is 6.10 Å². The van der Waals surface area contributed by atoms with E-state index in [-0.39, 0.29) is 18.6 Å². The third kappa shape index (κ3) is 3.10. The lowest BCUT2D eigenvalue weighted by molar-refractivity contribution is -0.136. The first-order valence-electron chi connectivity index (χ1n) is 7.28. The van der Waals surface area contributed by atoms with Crippen molar-refractivity contribution in [3.63, 3.8) is 0 Å². The van der Waals surface area contributed by atoms with Crippen molar-refractivity contribution in [2.45, 2.75) is 31.9 Å². The minimum atomic E-state index is -0.585. The van der Waals surface area contributed by atoms with Gasteiger partial charge in [0, 0.05) is 6.42 Å². The average Bonchev–Trinajstić information content (AvgIpc) is 2.55. The number of nitrogens with one attached hydrogen (secondary N) is 1. The number of hydrogen-bond acceptors (Lipinski definition) is 3. The number of ether oxygens (including phenoxy) is 2. The van der Waals surface area contributed by atoms with E-state index in [0.29, 0.717) is 5.76 Å². The molecule has 0 aromatic heterocycles. The molecular weight excluding hydrogens is 266 g/mol. The molecule has 1 aliphatic carbocycles. The van der Waals surface area contributed by atoms with Gasteiger partial charge in [0.05, 0.1) is 6.04 Å². The first-order valence-corrected chi connectivity index (χ1v) is 7.28. The predicted molar refractivity (Wildman–Crippen MR) is 79.2 cm³/mol. The molecule has 0 fully saturated rings. The standard InChI is InChI=1S/C17H19NO3/c1-12(13-7-3-2-4-8-13)18-17(19)16-11-20-14-9-5-6-10-15(14)21-16/h2-4,6-8,10,12,16H,5,9,11H2,1H3,(H,18,19)/t12-,16+/m0/s1. The minimum Gasteiger partial charge on any atom is -0.490 e. The average molecular weight is 285 g/mol. The summed E-state index contributed by atoms with van der Waals surface area (Å²) in [5.74, 6) is 1.41. The van der Waals surface area contributed by atoms with Crippen LogP contribution in [0, 0.1) is 0 Å². The zero-order valence-electron chi connectivity index (χ0n) is 12.0. The van der Waals surface area contributed by atoms with Gasteiger partial charge in [0.2, 0.25) is 6.10 Å². The quantitative estimate of drug-likeness (QED) is 0.929. The third-order valence-electron chi connectivity index (χ3n) is 3.71. The van der Waals surface area contributed by atoms with E-state index in [0.717, 1.165) is 24.2 Å². The van der Waals surface area contributed by atoms with E-state index in [9.17, 15) is 4.79 Å². The Morgan fingerprint density at radius 3 is 2.95 bits per heavy atom. The number of carbonyl (C=O) groups excluding carboxylic acids is 1. The molecule has 2 atom stereocenters. The van der Waals surface area contributed by atoms with Crippen LogP contribution in [0.1, 0.15) is 31.4 Å². The van der Waals surface area contributed by atoms with Crippen LogP contribution in [0.5, 0.6) is 0 Å². The Balaban J connectivity index is 1.62. The molecule has 1 aromatic carbocycles. The maximum Gasteiger partial charge on any atom is 0.265 e. The summed E-state index contributed by atoms with van der Waals surface area (Å²) >= 11 is 0. The van der Waals surface area contributed by atoms with Gasteiger partial charge in [0.15, 0.2) is 5.76 Å². The Kier molecular flexibility index (Phi) is 3.95. The van der Waals surface area contributed by atoms with Gasteiger partial charge in [-0.25, -0.2) is 0 Å². The van der Waals surface area contributed by atoms with Crippen LogP contribution in [0.25, 0.3) is 0 Å². The van der Waals surface area contributed by atoms with Gasteiger partial charge in [-0.3, -0.25) is 4.79 Å². The summed E-state index contributed by atoms with van der Waals surface area (Å²) in [6.45, 7) is 2.24. The topological polar surface area (TPSA) is 47.6 Å². The Bertz CT molecular complexity index is 577. The highest BCUT2D eigenvalue weighted by Crippen LogP contribution is 2.26. The number of amides is 1. The van der Waals surface area contributed by atoms with Gasteiger partial charge in [-0.1, -0.05) is 36.4 Å². The molecule has 1 aliphatic heterocycles. The number of allylic oxidation sites excluding steroid dienone is 3. The molecule has 4 nitrogen and oxygen atoms in total. The smallest absolute Gasteiger partial charge is 0.265 e. The highest BCUT2D eigenvalue weighted by Gasteiger charge is 2.29. The largest absolute Gasteiger partial charge is 0.490 e. The lowest BCUT2D eigenvalue weighted by Crippen LogP contribution is -2.42. The van der Waals surface area contributed by atoms with Crippen molar-refractivity contribution in [3.05, 3.63) is 59.6 Å². The third-order valence-corrected chi connectivity index (χ3v) is 3.71. The molecule has 2 aliphatic rings. The van der Waals surface area contributed by atoms with Crippen LogP contribution in [0.4, 0.5) is 0 Å². The Morgan fingerprint density at radius 1 is 1.33 bits per heavy atom. The van der Waals surface area contributed by atoms with E-state index in [1.807, 2.05) is 49.4 Å². The van der Waals surface area contributed by atoms with Gasteiger partial charge in [-0.05, 0) is 25.0 Å². The summed E-state index contributed by atoms with van der Waals surface area (Å²) in [6.07, 6.45) is 5.15. The van der Waals surface area contributed by atoms with Crippen molar-refractivity contribution < 1.29 is 14.3 Å². The van der Waals surface area contributed by atoms with Crippen LogP contribution in [-0.2, 0) is 14.3 Å². The van der Waals surface area contributed by atoms with Gasteiger partial charge in [-0.2, -0.15) is 0 Å². The minimum absolute atomic E-state index is 0.0559. The zero-order valence-corrected chi connectivity index (χ0v) is 12.0.